The molecule has 0 aliphatic rings. The number of benzene rings is 2. The highest BCUT2D eigenvalue weighted by Gasteiger charge is 2.17. The lowest BCUT2D eigenvalue weighted by atomic mass is 10.2. The molecule has 2 aromatic carbocycles. The van der Waals surface area contributed by atoms with E-state index in [2.05, 4.69) is 5.10 Å². The maximum Gasteiger partial charge on any atom is 0.294 e. The Labute approximate surface area is 107 Å². The summed E-state index contributed by atoms with van der Waals surface area (Å²) in [7, 11) is 0. The van der Waals surface area contributed by atoms with E-state index < -0.39 is 4.92 Å². The smallest absolute Gasteiger partial charge is 0.284 e. The Morgan fingerprint density at radius 3 is 2.47 bits per heavy atom. The number of non-ortho nitro benzene ring substituents is 1. The number of aromatic nitrogens is 2. The predicted molar refractivity (Wildman–Crippen MR) is 70.6 cm³/mol. The summed E-state index contributed by atoms with van der Waals surface area (Å²) in [6.07, 6.45) is 0. The lowest BCUT2D eigenvalue weighted by Crippen LogP contribution is -2.13. The Kier molecular flexibility index (Phi) is 2.42. The normalized spacial score (nSPS) is 10.7. The number of H-pyrrole nitrogens is 1. The SMILES string of the molecule is O=c1c2cccc([N+](=O)[O-])c2[nH]n1-c1ccccc1. The van der Waals surface area contributed by atoms with Crippen molar-refractivity contribution < 1.29 is 4.92 Å². The summed E-state index contributed by atoms with van der Waals surface area (Å²) in [5, 5.41) is 14.0. The van der Waals surface area contributed by atoms with Gasteiger partial charge in [0.05, 0.1) is 16.0 Å². The Balaban J connectivity index is 2.36. The largest absolute Gasteiger partial charge is 0.294 e. The van der Waals surface area contributed by atoms with E-state index in [4.69, 9.17) is 0 Å². The van der Waals surface area contributed by atoms with Crippen molar-refractivity contribution in [2.75, 3.05) is 0 Å². The number of hydrogen-bond donors (Lipinski definition) is 1. The highest BCUT2D eigenvalue weighted by molar-refractivity contribution is 5.86. The van der Waals surface area contributed by atoms with Gasteiger partial charge in [0, 0.05) is 6.07 Å². The standard InChI is InChI=1S/C13H9N3O3/c17-13-10-7-4-8-11(16(18)19)12(10)14-15(13)9-5-2-1-3-6-9/h1-8,14H. The molecule has 0 saturated carbocycles. The Hall–Kier alpha value is -2.89. The summed E-state index contributed by atoms with van der Waals surface area (Å²) in [5.41, 5.74) is 0.466. The first-order chi connectivity index (χ1) is 9.18. The number of rotatable bonds is 2. The average Bonchev–Trinajstić information content (AvgIpc) is 2.77. The summed E-state index contributed by atoms with van der Waals surface area (Å²) in [4.78, 5) is 22.7. The Morgan fingerprint density at radius 2 is 1.79 bits per heavy atom. The summed E-state index contributed by atoms with van der Waals surface area (Å²) >= 11 is 0. The van der Waals surface area contributed by atoms with Crippen molar-refractivity contribution in [3.8, 4) is 5.69 Å². The van der Waals surface area contributed by atoms with Crippen LogP contribution >= 0.6 is 0 Å². The summed E-state index contributed by atoms with van der Waals surface area (Å²) in [6, 6.07) is 13.4. The van der Waals surface area contributed by atoms with E-state index in [9.17, 15) is 14.9 Å². The van der Waals surface area contributed by atoms with Crippen LogP contribution < -0.4 is 5.56 Å². The van der Waals surface area contributed by atoms with Gasteiger partial charge in [-0.2, -0.15) is 0 Å². The zero-order valence-corrected chi connectivity index (χ0v) is 9.74. The van der Waals surface area contributed by atoms with Crippen LogP contribution in [-0.2, 0) is 0 Å². The van der Waals surface area contributed by atoms with Crippen molar-refractivity contribution in [3.05, 3.63) is 69.0 Å². The number of aromatic amines is 1. The van der Waals surface area contributed by atoms with Crippen molar-refractivity contribution in [2.45, 2.75) is 0 Å². The second-order valence-corrected chi connectivity index (χ2v) is 4.04. The van der Waals surface area contributed by atoms with E-state index in [1.54, 1.807) is 30.3 Å². The third kappa shape index (κ3) is 1.70. The summed E-state index contributed by atoms with van der Waals surface area (Å²) in [6.45, 7) is 0. The number of fused-ring (bicyclic) bond motifs is 1. The van der Waals surface area contributed by atoms with E-state index >= 15 is 0 Å². The van der Waals surface area contributed by atoms with E-state index in [-0.39, 0.29) is 16.8 Å². The van der Waals surface area contributed by atoms with E-state index in [1.807, 2.05) is 6.07 Å². The van der Waals surface area contributed by atoms with E-state index in [0.717, 1.165) is 0 Å². The average molecular weight is 255 g/mol. The lowest BCUT2D eigenvalue weighted by Gasteiger charge is -1.99. The number of nitrogens with one attached hydrogen (secondary N) is 1. The minimum atomic E-state index is -0.506. The molecule has 94 valence electrons. The highest BCUT2D eigenvalue weighted by Crippen LogP contribution is 2.21. The molecule has 0 spiro atoms. The first-order valence-electron chi connectivity index (χ1n) is 5.62. The van der Waals surface area contributed by atoms with Crippen LogP contribution in [0.4, 0.5) is 5.69 Å². The number of para-hydroxylation sites is 2. The molecule has 0 aliphatic carbocycles. The van der Waals surface area contributed by atoms with Crippen LogP contribution in [0, 0.1) is 10.1 Å². The molecule has 3 aromatic rings. The molecule has 0 radical (unpaired) electrons. The van der Waals surface area contributed by atoms with E-state index in [1.165, 1.54) is 16.8 Å². The van der Waals surface area contributed by atoms with Gasteiger partial charge in [0.1, 0.15) is 5.52 Å². The molecule has 6 nitrogen and oxygen atoms in total. The van der Waals surface area contributed by atoms with Crippen molar-refractivity contribution in [1.82, 2.24) is 9.78 Å². The molecule has 1 N–H and O–H groups in total. The van der Waals surface area contributed by atoms with Crippen LogP contribution in [0.1, 0.15) is 0 Å². The molecule has 3 rings (SSSR count). The number of nitrogens with zero attached hydrogens (tertiary/aromatic N) is 2. The van der Waals surface area contributed by atoms with Crippen molar-refractivity contribution in [3.63, 3.8) is 0 Å². The third-order valence-electron chi connectivity index (χ3n) is 2.91. The molecule has 0 saturated heterocycles. The van der Waals surface area contributed by atoms with Gasteiger partial charge in [-0.25, -0.2) is 4.68 Å². The van der Waals surface area contributed by atoms with Crippen molar-refractivity contribution in [1.29, 1.82) is 0 Å². The molecule has 0 fully saturated rings. The first-order valence-corrected chi connectivity index (χ1v) is 5.62. The topological polar surface area (TPSA) is 80.9 Å². The molecule has 0 amide bonds. The van der Waals surface area contributed by atoms with E-state index in [0.29, 0.717) is 11.1 Å². The molecule has 0 aliphatic heterocycles. The van der Waals surface area contributed by atoms with Gasteiger partial charge in [-0.3, -0.25) is 20.0 Å². The van der Waals surface area contributed by atoms with Crippen LogP contribution in [0.5, 0.6) is 0 Å². The predicted octanol–water partition coefficient (Wildman–Crippen LogP) is 2.23. The van der Waals surface area contributed by atoms with Gasteiger partial charge in [0.25, 0.3) is 11.2 Å². The van der Waals surface area contributed by atoms with Gasteiger partial charge in [0.15, 0.2) is 0 Å². The zero-order valence-electron chi connectivity index (χ0n) is 9.74. The van der Waals surface area contributed by atoms with Gasteiger partial charge in [-0.1, -0.05) is 24.3 Å². The molecule has 19 heavy (non-hydrogen) atoms. The Morgan fingerprint density at radius 1 is 1.05 bits per heavy atom. The number of nitro benzene ring substituents is 1. The monoisotopic (exact) mass is 255 g/mol. The second kappa shape index (κ2) is 4.09. The van der Waals surface area contributed by atoms with Crippen LogP contribution in [-0.4, -0.2) is 14.7 Å². The van der Waals surface area contributed by atoms with Gasteiger partial charge >= 0.3 is 0 Å². The molecule has 0 atom stereocenters. The van der Waals surface area contributed by atoms with Crippen LogP contribution in [0.15, 0.2) is 53.3 Å². The highest BCUT2D eigenvalue weighted by atomic mass is 16.6. The fourth-order valence-electron chi connectivity index (χ4n) is 2.03. The van der Waals surface area contributed by atoms with Crippen LogP contribution in [0.3, 0.4) is 0 Å². The van der Waals surface area contributed by atoms with Gasteiger partial charge in [-0.05, 0) is 18.2 Å². The molecule has 0 bridgehead atoms. The minimum absolute atomic E-state index is 0.107. The van der Waals surface area contributed by atoms with Crippen LogP contribution in [0.2, 0.25) is 0 Å². The minimum Gasteiger partial charge on any atom is -0.284 e. The lowest BCUT2D eigenvalue weighted by molar-refractivity contribution is -0.383. The van der Waals surface area contributed by atoms with Crippen molar-refractivity contribution in [2.24, 2.45) is 0 Å². The fourth-order valence-corrected chi connectivity index (χ4v) is 2.03. The van der Waals surface area contributed by atoms with Crippen molar-refractivity contribution >= 4 is 16.6 Å². The zero-order chi connectivity index (χ0) is 13.4. The maximum absolute atomic E-state index is 12.2. The molecule has 0 unspecified atom stereocenters. The fraction of sp³-hybridized carbons (Fsp3) is 0. The number of hydrogen-bond acceptors (Lipinski definition) is 3. The summed E-state index contributed by atoms with van der Waals surface area (Å²) < 4.78 is 1.30. The second-order valence-electron chi connectivity index (χ2n) is 4.04. The molecular weight excluding hydrogens is 246 g/mol. The number of nitro groups is 1. The quantitative estimate of drug-likeness (QED) is 0.563. The first kappa shape index (κ1) is 11.2. The third-order valence-corrected chi connectivity index (χ3v) is 2.91. The van der Waals surface area contributed by atoms with Gasteiger partial charge in [-0.15, -0.1) is 0 Å². The van der Waals surface area contributed by atoms with Gasteiger partial charge in [0.2, 0.25) is 0 Å². The molecule has 1 heterocycles. The Bertz CT molecular complexity index is 818. The van der Waals surface area contributed by atoms with Gasteiger partial charge < -0.3 is 0 Å². The summed E-state index contributed by atoms with van der Waals surface area (Å²) in [5.74, 6) is 0. The molecule has 1 aromatic heterocycles. The maximum atomic E-state index is 12.2. The van der Waals surface area contributed by atoms with Crippen LogP contribution in [0.25, 0.3) is 16.6 Å². The molecular formula is C13H9N3O3. The molecule has 6 heteroatoms.